The summed E-state index contributed by atoms with van der Waals surface area (Å²) in [6, 6.07) is 8.53. The predicted octanol–water partition coefficient (Wildman–Crippen LogP) is 2.34. The Balaban J connectivity index is 2.17. The number of fused-ring (bicyclic) bond motifs is 1. The molecule has 1 aliphatic heterocycles. The number of amides is 2. The lowest BCUT2D eigenvalue weighted by Crippen LogP contribution is -2.47. The van der Waals surface area contributed by atoms with Gasteiger partial charge in [0, 0.05) is 5.56 Å². The number of nitrogens with zero attached hydrogens (tertiary/aromatic N) is 1. The summed E-state index contributed by atoms with van der Waals surface area (Å²) in [5.41, 5.74) is -6.25. The summed E-state index contributed by atoms with van der Waals surface area (Å²) < 4.78 is 61.6. The van der Waals surface area contributed by atoms with Crippen molar-refractivity contribution in [2.24, 2.45) is 0 Å². The highest BCUT2D eigenvalue weighted by molar-refractivity contribution is 7.92. The number of rotatable bonds is 3. The van der Waals surface area contributed by atoms with E-state index in [1.165, 1.54) is 24.3 Å². The van der Waals surface area contributed by atoms with Crippen LogP contribution in [-0.2, 0) is 19.4 Å². The Bertz CT molecular complexity index is 1110. The number of carboxylic acids is 1. The fourth-order valence-corrected chi connectivity index (χ4v) is 3.63. The van der Waals surface area contributed by atoms with Gasteiger partial charge < -0.3 is 5.11 Å². The standard InChI is InChI=1S/C17H10F3NO6S/c18-17(19,20)28(26,27)10-5-3-4-9(8-10)21-14(22)12-7-2-1-6-11(12)13(15(21)23)16(24)25/h1-8,13H,(H,24,25). The van der Waals surface area contributed by atoms with Gasteiger partial charge in [0.15, 0.2) is 5.92 Å². The van der Waals surface area contributed by atoms with Crippen molar-refractivity contribution in [1.82, 2.24) is 0 Å². The number of alkyl halides is 3. The molecule has 28 heavy (non-hydrogen) atoms. The van der Waals surface area contributed by atoms with Crippen molar-refractivity contribution in [3.8, 4) is 0 Å². The minimum atomic E-state index is -5.73. The molecule has 1 aliphatic rings. The highest BCUT2D eigenvalue weighted by Crippen LogP contribution is 2.36. The van der Waals surface area contributed by atoms with Crippen LogP contribution in [0.15, 0.2) is 53.4 Å². The molecule has 7 nitrogen and oxygen atoms in total. The quantitative estimate of drug-likeness (QED) is 0.611. The normalized spacial score (nSPS) is 17.4. The molecule has 1 atom stereocenters. The highest BCUT2D eigenvalue weighted by Gasteiger charge is 2.48. The maximum atomic E-state index is 12.8. The molecule has 1 heterocycles. The number of sulfone groups is 1. The summed E-state index contributed by atoms with van der Waals surface area (Å²) in [6.07, 6.45) is 0. The number of halogens is 3. The Labute approximate surface area is 155 Å². The molecule has 0 spiro atoms. The molecule has 3 rings (SSSR count). The zero-order chi connectivity index (χ0) is 20.9. The summed E-state index contributed by atoms with van der Waals surface area (Å²) in [4.78, 5) is 36.1. The van der Waals surface area contributed by atoms with Crippen molar-refractivity contribution in [1.29, 1.82) is 0 Å². The molecule has 2 aromatic rings. The minimum Gasteiger partial charge on any atom is -0.480 e. The second-order valence-corrected chi connectivity index (χ2v) is 7.73. The number of carbonyl (C=O) groups excluding carboxylic acids is 2. The van der Waals surface area contributed by atoms with Gasteiger partial charge in [0.25, 0.3) is 21.7 Å². The van der Waals surface area contributed by atoms with E-state index in [1.54, 1.807) is 0 Å². The smallest absolute Gasteiger partial charge is 0.480 e. The van der Waals surface area contributed by atoms with Gasteiger partial charge in [-0.25, -0.2) is 13.3 Å². The zero-order valence-corrected chi connectivity index (χ0v) is 14.5. The number of aliphatic carboxylic acids is 1. The second kappa shape index (κ2) is 6.44. The van der Waals surface area contributed by atoms with E-state index in [-0.39, 0.29) is 11.1 Å². The third-order valence-corrected chi connectivity index (χ3v) is 5.59. The fraction of sp³-hybridized carbons (Fsp3) is 0.118. The van der Waals surface area contributed by atoms with Gasteiger partial charge in [0.2, 0.25) is 0 Å². The van der Waals surface area contributed by atoms with Crippen LogP contribution in [0.25, 0.3) is 0 Å². The SMILES string of the molecule is O=C(O)C1C(=O)N(c2cccc(S(=O)(=O)C(F)(F)F)c2)C(=O)c2ccccc21. The highest BCUT2D eigenvalue weighted by atomic mass is 32.2. The average Bonchev–Trinajstić information content (AvgIpc) is 2.61. The number of imide groups is 1. The van der Waals surface area contributed by atoms with E-state index in [4.69, 9.17) is 0 Å². The molecule has 2 aromatic carbocycles. The Morgan fingerprint density at radius 1 is 1.04 bits per heavy atom. The van der Waals surface area contributed by atoms with Crippen molar-refractivity contribution >= 4 is 33.3 Å². The number of anilines is 1. The Morgan fingerprint density at radius 3 is 2.29 bits per heavy atom. The Kier molecular flexibility index (Phi) is 4.50. The summed E-state index contributed by atoms with van der Waals surface area (Å²) >= 11 is 0. The van der Waals surface area contributed by atoms with Crippen LogP contribution < -0.4 is 4.90 Å². The maximum absolute atomic E-state index is 12.8. The molecular formula is C17H10F3NO6S. The van der Waals surface area contributed by atoms with Gasteiger partial charge in [-0.15, -0.1) is 0 Å². The lowest BCUT2D eigenvalue weighted by atomic mass is 9.88. The van der Waals surface area contributed by atoms with Gasteiger partial charge in [-0.2, -0.15) is 13.2 Å². The predicted molar refractivity (Wildman–Crippen MR) is 88.3 cm³/mol. The van der Waals surface area contributed by atoms with E-state index in [0.29, 0.717) is 17.0 Å². The van der Waals surface area contributed by atoms with Crippen molar-refractivity contribution < 1.29 is 41.1 Å². The molecule has 1 N–H and O–H groups in total. The van der Waals surface area contributed by atoms with E-state index >= 15 is 0 Å². The van der Waals surface area contributed by atoms with Crippen LogP contribution in [0.4, 0.5) is 18.9 Å². The third kappa shape index (κ3) is 2.93. The molecule has 1 unspecified atom stereocenters. The van der Waals surface area contributed by atoms with Gasteiger partial charge in [-0.05, 0) is 29.8 Å². The van der Waals surface area contributed by atoms with Gasteiger partial charge in [-0.1, -0.05) is 24.3 Å². The molecule has 0 saturated carbocycles. The molecular weight excluding hydrogens is 403 g/mol. The monoisotopic (exact) mass is 413 g/mol. The van der Waals surface area contributed by atoms with Crippen molar-refractivity contribution in [3.63, 3.8) is 0 Å². The van der Waals surface area contributed by atoms with Crippen molar-refractivity contribution in [2.45, 2.75) is 16.3 Å². The summed E-state index contributed by atoms with van der Waals surface area (Å²) in [6.45, 7) is 0. The first kappa shape index (κ1) is 19.5. The van der Waals surface area contributed by atoms with E-state index in [2.05, 4.69) is 0 Å². The van der Waals surface area contributed by atoms with Crippen LogP contribution in [0.3, 0.4) is 0 Å². The molecule has 0 saturated heterocycles. The average molecular weight is 413 g/mol. The van der Waals surface area contributed by atoms with E-state index < -0.39 is 49.6 Å². The van der Waals surface area contributed by atoms with Crippen LogP contribution in [0.2, 0.25) is 0 Å². The van der Waals surface area contributed by atoms with Crippen LogP contribution in [0, 0.1) is 0 Å². The minimum absolute atomic E-state index is 0.0553. The van der Waals surface area contributed by atoms with Gasteiger partial charge in [0.1, 0.15) is 0 Å². The van der Waals surface area contributed by atoms with Crippen molar-refractivity contribution in [2.75, 3.05) is 4.90 Å². The zero-order valence-electron chi connectivity index (χ0n) is 13.7. The maximum Gasteiger partial charge on any atom is 0.501 e. The number of carbonyl (C=O) groups is 3. The fourth-order valence-electron chi connectivity index (χ4n) is 2.83. The second-order valence-electron chi connectivity index (χ2n) is 5.78. The lowest BCUT2D eigenvalue weighted by Gasteiger charge is -2.30. The molecule has 2 amide bonds. The van der Waals surface area contributed by atoms with Crippen LogP contribution in [0.1, 0.15) is 21.8 Å². The molecule has 0 radical (unpaired) electrons. The van der Waals surface area contributed by atoms with Crippen LogP contribution >= 0.6 is 0 Å². The molecule has 0 aliphatic carbocycles. The topological polar surface area (TPSA) is 109 Å². The van der Waals surface area contributed by atoms with Crippen LogP contribution in [-0.4, -0.2) is 36.8 Å². The Morgan fingerprint density at radius 2 is 1.68 bits per heavy atom. The first-order valence-electron chi connectivity index (χ1n) is 7.58. The molecule has 146 valence electrons. The summed E-state index contributed by atoms with van der Waals surface area (Å²) in [5, 5.41) is 9.39. The number of hydrogen-bond acceptors (Lipinski definition) is 5. The lowest BCUT2D eigenvalue weighted by molar-refractivity contribution is -0.142. The molecule has 0 bridgehead atoms. The molecule has 11 heteroatoms. The van der Waals surface area contributed by atoms with Gasteiger partial charge >= 0.3 is 11.5 Å². The third-order valence-electron chi connectivity index (χ3n) is 4.11. The molecule has 0 aromatic heterocycles. The number of benzene rings is 2. The van der Waals surface area contributed by atoms with Crippen molar-refractivity contribution in [3.05, 3.63) is 59.7 Å². The largest absolute Gasteiger partial charge is 0.501 e. The van der Waals surface area contributed by atoms with Gasteiger partial charge in [0.05, 0.1) is 10.6 Å². The van der Waals surface area contributed by atoms with E-state index in [1.807, 2.05) is 0 Å². The summed E-state index contributed by atoms with van der Waals surface area (Å²) in [5.74, 6) is -5.51. The first-order valence-corrected chi connectivity index (χ1v) is 9.06. The number of carboxylic acid groups (broad SMARTS) is 1. The number of hydrogen-bond donors (Lipinski definition) is 1. The Hall–Kier alpha value is -3.21. The van der Waals surface area contributed by atoms with Crippen LogP contribution in [0.5, 0.6) is 0 Å². The summed E-state index contributed by atoms with van der Waals surface area (Å²) in [7, 11) is -5.73. The first-order chi connectivity index (χ1) is 13.0. The molecule has 0 fully saturated rings. The van der Waals surface area contributed by atoms with E-state index in [0.717, 1.165) is 12.1 Å². The van der Waals surface area contributed by atoms with Gasteiger partial charge in [-0.3, -0.25) is 14.4 Å². The van der Waals surface area contributed by atoms with E-state index in [9.17, 15) is 41.1 Å².